The highest BCUT2D eigenvalue weighted by atomic mass is 32.1. The number of thiocarbonyl (C=S) groups is 1. The van der Waals surface area contributed by atoms with Gasteiger partial charge in [-0.3, -0.25) is 14.5 Å². The Kier molecular flexibility index (Phi) is 10.5. The monoisotopic (exact) mass is 511 g/mol. The summed E-state index contributed by atoms with van der Waals surface area (Å²) in [4.78, 5) is 29.9. The molecule has 1 heterocycles. The van der Waals surface area contributed by atoms with E-state index in [0.29, 0.717) is 35.4 Å². The van der Waals surface area contributed by atoms with Crippen LogP contribution in [0.5, 0.6) is 11.5 Å². The smallest absolute Gasteiger partial charge is 0.256 e. The molecule has 2 amide bonds. The van der Waals surface area contributed by atoms with Gasteiger partial charge < -0.3 is 19.7 Å². The van der Waals surface area contributed by atoms with E-state index in [0.717, 1.165) is 31.4 Å². The zero-order chi connectivity index (χ0) is 25.9. The number of ether oxygens (including phenoxy) is 2. The third kappa shape index (κ3) is 7.20. The molecule has 7 nitrogen and oxygen atoms in total. The molecule has 0 saturated carbocycles. The van der Waals surface area contributed by atoms with Gasteiger partial charge in [-0.1, -0.05) is 39.5 Å². The van der Waals surface area contributed by atoms with Gasteiger partial charge in [0.2, 0.25) is 5.91 Å². The summed E-state index contributed by atoms with van der Waals surface area (Å²) >= 11 is 5.75. The van der Waals surface area contributed by atoms with Gasteiger partial charge in [-0.2, -0.15) is 0 Å². The van der Waals surface area contributed by atoms with Gasteiger partial charge >= 0.3 is 0 Å². The molecular formula is C28H37N3O4S. The lowest BCUT2D eigenvalue weighted by Crippen LogP contribution is -2.38. The fourth-order valence-electron chi connectivity index (χ4n) is 4.18. The third-order valence-corrected chi connectivity index (χ3v) is 6.56. The van der Waals surface area contributed by atoms with E-state index in [1.807, 2.05) is 29.2 Å². The van der Waals surface area contributed by atoms with Crippen LogP contribution in [0.3, 0.4) is 0 Å². The Morgan fingerprint density at radius 3 is 2.25 bits per heavy atom. The van der Waals surface area contributed by atoms with Crippen molar-refractivity contribution in [3.8, 4) is 11.5 Å². The fourth-order valence-corrected chi connectivity index (χ4v) is 4.60. The lowest BCUT2D eigenvalue weighted by Gasteiger charge is -2.24. The standard InChI is InChI=1S/C28H37N3O4S/c1-4-6-7-8-9-18-30-25(20-26(32)29-21-10-14-24(15-11-21)35-19-5-2)27(33)31(28(30)36)22-12-16-23(34-3)17-13-22/h10-17,25H,4-9,18-20H2,1-3H3,(H,29,32). The zero-order valence-corrected chi connectivity index (χ0v) is 22.3. The lowest BCUT2D eigenvalue weighted by atomic mass is 10.1. The highest BCUT2D eigenvalue weighted by Crippen LogP contribution is 2.29. The van der Waals surface area contributed by atoms with Gasteiger partial charge in [0.05, 0.1) is 25.8 Å². The van der Waals surface area contributed by atoms with Crippen molar-refractivity contribution in [3.05, 3.63) is 48.5 Å². The van der Waals surface area contributed by atoms with E-state index in [1.165, 1.54) is 12.8 Å². The van der Waals surface area contributed by atoms with Gasteiger partial charge in [-0.15, -0.1) is 0 Å². The number of hydrogen-bond donors (Lipinski definition) is 1. The van der Waals surface area contributed by atoms with Crippen molar-refractivity contribution in [1.29, 1.82) is 0 Å². The summed E-state index contributed by atoms with van der Waals surface area (Å²) in [6, 6.07) is 13.9. The van der Waals surface area contributed by atoms with Crippen molar-refractivity contribution in [2.75, 3.05) is 30.5 Å². The molecule has 3 rings (SSSR count). The molecule has 2 aromatic carbocycles. The Bertz CT molecular complexity index is 1010. The van der Waals surface area contributed by atoms with E-state index in [4.69, 9.17) is 21.7 Å². The Morgan fingerprint density at radius 1 is 0.944 bits per heavy atom. The van der Waals surface area contributed by atoms with Gasteiger partial charge in [0.1, 0.15) is 17.5 Å². The SMILES string of the molecule is CCCCCCCN1C(=S)N(c2ccc(OC)cc2)C(=O)C1CC(=O)Nc1ccc(OCCC)cc1. The van der Waals surface area contributed by atoms with Gasteiger partial charge in [0, 0.05) is 12.2 Å². The number of nitrogens with zero attached hydrogens (tertiary/aromatic N) is 2. The second kappa shape index (κ2) is 13.8. The normalized spacial score (nSPS) is 15.4. The molecule has 1 saturated heterocycles. The molecule has 0 spiro atoms. The number of amides is 2. The number of methoxy groups -OCH3 is 1. The summed E-state index contributed by atoms with van der Waals surface area (Å²) < 4.78 is 10.8. The van der Waals surface area contributed by atoms with Crippen molar-refractivity contribution in [1.82, 2.24) is 4.90 Å². The Balaban J connectivity index is 1.71. The largest absolute Gasteiger partial charge is 0.497 e. The molecule has 1 unspecified atom stereocenters. The quantitative estimate of drug-likeness (QED) is 0.256. The maximum absolute atomic E-state index is 13.5. The second-order valence-corrected chi connectivity index (χ2v) is 9.27. The van der Waals surface area contributed by atoms with Crippen molar-refractivity contribution < 1.29 is 19.1 Å². The fraction of sp³-hybridized carbons (Fsp3) is 0.464. The predicted octanol–water partition coefficient (Wildman–Crippen LogP) is 5.79. The van der Waals surface area contributed by atoms with E-state index in [2.05, 4.69) is 19.2 Å². The minimum atomic E-state index is -0.641. The number of anilines is 2. The maximum Gasteiger partial charge on any atom is 0.256 e. The summed E-state index contributed by atoms with van der Waals surface area (Å²) in [5, 5.41) is 3.35. The van der Waals surface area contributed by atoms with Gasteiger partial charge in [-0.05, 0) is 73.6 Å². The summed E-state index contributed by atoms with van der Waals surface area (Å²) in [6.07, 6.45) is 6.44. The number of hydrogen-bond acceptors (Lipinski definition) is 5. The Hall–Kier alpha value is -3.13. The van der Waals surface area contributed by atoms with E-state index in [1.54, 1.807) is 36.3 Å². The van der Waals surface area contributed by atoms with Gasteiger partial charge in [0.15, 0.2) is 5.11 Å². The topological polar surface area (TPSA) is 71.1 Å². The van der Waals surface area contributed by atoms with Gasteiger partial charge in [-0.25, -0.2) is 0 Å². The molecule has 0 aromatic heterocycles. The third-order valence-electron chi connectivity index (χ3n) is 6.14. The number of carbonyl (C=O) groups excluding carboxylic acids is 2. The van der Waals surface area contributed by atoms with Crippen LogP contribution in [0.15, 0.2) is 48.5 Å². The second-order valence-electron chi connectivity index (χ2n) is 8.90. The van der Waals surface area contributed by atoms with E-state index in [9.17, 15) is 9.59 Å². The molecule has 1 fully saturated rings. The Labute approximate surface area is 219 Å². The molecule has 36 heavy (non-hydrogen) atoms. The zero-order valence-electron chi connectivity index (χ0n) is 21.5. The molecule has 2 aromatic rings. The van der Waals surface area contributed by atoms with Crippen molar-refractivity contribution in [2.45, 2.75) is 64.8 Å². The lowest BCUT2D eigenvalue weighted by molar-refractivity contribution is -0.124. The van der Waals surface area contributed by atoms with Crippen molar-refractivity contribution in [3.63, 3.8) is 0 Å². The van der Waals surface area contributed by atoms with Crippen LogP contribution in [-0.2, 0) is 9.59 Å². The number of carbonyl (C=O) groups is 2. The molecule has 1 aliphatic rings. The number of unbranched alkanes of at least 4 members (excludes halogenated alkanes) is 4. The van der Waals surface area contributed by atoms with Crippen molar-refractivity contribution in [2.24, 2.45) is 0 Å². The highest BCUT2D eigenvalue weighted by molar-refractivity contribution is 7.80. The molecular weight excluding hydrogens is 474 g/mol. The van der Waals surface area contributed by atoms with Crippen LogP contribution in [-0.4, -0.2) is 48.1 Å². The van der Waals surface area contributed by atoms with Crippen LogP contribution >= 0.6 is 12.2 Å². The molecule has 8 heteroatoms. The predicted molar refractivity (Wildman–Crippen MR) is 148 cm³/mol. The molecule has 1 aliphatic heterocycles. The maximum atomic E-state index is 13.5. The van der Waals surface area contributed by atoms with Crippen LogP contribution in [0, 0.1) is 0 Å². The molecule has 1 N–H and O–H groups in total. The van der Waals surface area contributed by atoms with E-state index >= 15 is 0 Å². The van der Waals surface area contributed by atoms with Crippen LogP contribution in [0.2, 0.25) is 0 Å². The summed E-state index contributed by atoms with van der Waals surface area (Å²) in [5.74, 6) is 1.05. The Morgan fingerprint density at radius 2 is 1.61 bits per heavy atom. The summed E-state index contributed by atoms with van der Waals surface area (Å²) in [6.45, 7) is 5.52. The van der Waals surface area contributed by atoms with E-state index < -0.39 is 6.04 Å². The summed E-state index contributed by atoms with van der Waals surface area (Å²) in [5.41, 5.74) is 1.34. The summed E-state index contributed by atoms with van der Waals surface area (Å²) in [7, 11) is 1.60. The first kappa shape index (κ1) is 27.5. The van der Waals surface area contributed by atoms with Crippen molar-refractivity contribution >= 4 is 40.5 Å². The number of rotatable bonds is 14. The molecule has 194 valence electrons. The van der Waals surface area contributed by atoms with E-state index in [-0.39, 0.29) is 18.2 Å². The average Bonchev–Trinajstić information content (AvgIpc) is 3.12. The molecule has 0 bridgehead atoms. The minimum absolute atomic E-state index is 0.0225. The highest BCUT2D eigenvalue weighted by Gasteiger charge is 2.43. The first-order valence-electron chi connectivity index (χ1n) is 12.8. The molecule has 0 radical (unpaired) electrons. The minimum Gasteiger partial charge on any atom is -0.497 e. The van der Waals surface area contributed by atoms with Crippen LogP contribution < -0.4 is 19.7 Å². The number of benzene rings is 2. The van der Waals surface area contributed by atoms with Crippen LogP contribution in [0.1, 0.15) is 58.8 Å². The van der Waals surface area contributed by atoms with Crippen LogP contribution in [0.25, 0.3) is 0 Å². The molecule has 0 aliphatic carbocycles. The first-order chi connectivity index (χ1) is 17.5. The van der Waals surface area contributed by atoms with Crippen LogP contribution in [0.4, 0.5) is 11.4 Å². The average molecular weight is 512 g/mol. The number of nitrogens with one attached hydrogen (secondary N) is 1. The first-order valence-corrected chi connectivity index (χ1v) is 13.2. The van der Waals surface area contributed by atoms with Gasteiger partial charge in [0.25, 0.3) is 5.91 Å². The molecule has 1 atom stereocenters.